The molecule has 0 aromatic heterocycles. The number of carbonyl (C=O) groups is 2. The second-order valence-electron chi connectivity index (χ2n) is 4.83. The Morgan fingerprint density at radius 2 is 1.94 bits per heavy atom. The first-order chi connectivity index (χ1) is 8.17. The van der Waals surface area contributed by atoms with E-state index < -0.39 is 5.41 Å². The lowest BCUT2D eigenvalue weighted by Gasteiger charge is -2.34. The average Bonchev–Trinajstić information content (AvgIpc) is 2.31. The molecule has 0 spiro atoms. The molecule has 2 heteroatoms. The van der Waals surface area contributed by atoms with Gasteiger partial charge in [0.2, 0.25) is 0 Å². The van der Waals surface area contributed by atoms with Crippen molar-refractivity contribution >= 4 is 11.6 Å². The molecule has 1 aliphatic rings. The minimum Gasteiger partial charge on any atom is -0.299 e. The Bertz CT molecular complexity index is 319. The van der Waals surface area contributed by atoms with Crippen LogP contribution in [-0.4, -0.2) is 11.6 Å². The van der Waals surface area contributed by atoms with Crippen LogP contribution in [0.4, 0.5) is 0 Å². The van der Waals surface area contributed by atoms with Crippen molar-refractivity contribution in [1.29, 1.82) is 0 Å². The lowest BCUT2D eigenvalue weighted by atomic mass is 9.66. The summed E-state index contributed by atoms with van der Waals surface area (Å²) in [5.74, 6) is 0.358. The summed E-state index contributed by atoms with van der Waals surface area (Å²) in [6.07, 6.45) is 7.85. The van der Waals surface area contributed by atoms with Gasteiger partial charge in [-0.2, -0.15) is 0 Å². The van der Waals surface area contributed by atoms with Gasteiger partial charge in [-0.1, -0.05) is 19.9 Å². The molecule has 1 rings (SSSR count). The van der Waals surface area contributed by atoms with Gasteiger partial charge in [0.15, 0.2) is 0 Å². The number of rotatable bonds is 6. The van der Waals surface area contributed by atoms with E-state index in [0.717, 1.165) is 32.1 Å². The molecular weight excluding hydrogens is 212 g/mol. The van der Waals surface area contributed by atoms with Gasteiger partial charge < -0.3 is 0 Å². The van der Waals surface area contributed by atoms with Crippen molar-refractivity contribution in [3.63, 3.8) is 0 Å². The molecule has 2 nitrogen and oxygen atoms in total. The monoisotopic (exact) mass is 234 g/mol. The van der Waals surface area contributed by atoms with Crippen LogP contribution < -0.4 is 0 Å². The first-order valence-corrected chi connectivity index (χ1v) is 6.58. The number of unbranched alkanes of at least 4 members (excludes halogenated alkanes) is 1. The number of hydrogen-bond acceptors (Lipinski definition) is 2. The lowest BCUT2D eigenvalue weighted by Crippen LogP contribution is -2.42. The van der Waals surface area contributed by atoms with Crippen LogP contribution in [0.1, 0.15) is 58.3 Å². The lowest BCUT2D eigenvalue weighted by molar-refractivity contribution is -0.145. The quantitative estimate of drug-likeness (QED) is 0.400. The van der Waals surface area contributed by atoms with E-state index in [4.69, 9.17) is 0 Å². The summed E-state index contributed by atoms with van der Waals surface area (Å²) in [6.45, 7) is 5.56. The third-order valence-electron chi connectivity index (χ3n) is 3.65. The van der Waals surface area contributed by atoms with Gasteiger partial charge in [0.25, 0.3) is 0 Å². The number of allylic oxidation sites excluding steroid dienone is 1. The molecule has 1 saturated carbocycles. The number of hydrogen-bond donors (Lipinski definition) is 0. The Balaban J connectivity index is 2.74. The highest BCUT2D eigenvalue weighted by Gasteiger charge is 2.44. The fourth-order valence-corrected chi connectivity index (χ4v) is 2.76. The van der Waals surface area contributed by atoms with E-state index in [2.05, 4.69) is 12.3 Å². The summed E-state index contributed by atoms with van der Waals surface area (Å²) < 4.78 is 0. The van der Waals surface area contributed by atoms with Gasteiger partial charge in [-0.3, -0.25) is 9.59 Å². The molecule has 0 unspecified atom stereocenters. The predicted molar refractivity (Wildman–Crippen MR) is 68.8 cm³/mol. The summed E-state index contributed by atoms with van der Waals surface area (Å²) in [7, 11) is 0. The molecule has 0 N–H and O–H groups in total. The van der Waals surface area contributed by atoms with Gasteiger partial charge in [-0.15, -0.1) is 5.73 Å². The summed E-state index contributed by atoms with van der Waals surface area (Å²) in [5, 5.41) is 0. The summed E-state index contributed by atoms with van der Waals surface area (Å²) in [4.78, 5) is 24.2. The number of Topliss-reactive ketones (excluding diaryl/α,β-unsaturated/α-hetero) is 2. The molecule has 0 aromatic carbocycles. The van der Waals surface area contributed by atoms with Crippen molar-refractivity contribution in [3.05, 3.63) is 18.4 Å². The first kappa shape index (κ1) is 13.9. The Hall–Kier alpha value is -1.14. The van der Waals surface area contributed by atoms with Crippen molar-refractivity contribution in [1.82, 2.24) is 0 Å². The van der Waals surface area contributed by atoms with E-state index in [-0.39, 0.29) is 11.6 Å². The Labute approximate surface area is 104 Å². The van der Waals surface area contributed by atoms with E-state index in [0.29, 0.717) is 19.3 Å². The van der Waals surface area contributed by atoms with Crippen LogP contribution in [0, 0.1) is 5.41 Å². The maximum Gasteiger partial charge on any atom is 0.146 e. The first-order valence-electron chi connectivity index (χ1n) is 6.58. The van der Waals surface area contributed by atoms with Crippen LogP contribution in [0.15, 0.2) is 18.4 Å². The summed E-state index contributed by atoms with van der Waals surface area (Å²) in [5.41, 5.74) is 2.08. The Kier molecular flexibility index (Phi) is 5.37. The molecular formula is C15H22O2. The maximum absolute atomic E-state index is 12.1. The van der Waals surface area contributed by atoms with E-state index in [1.54, 1.807) is 0 Å². The largest absolute Gasteiger partial charge is 0.299 e. The fourth-order valence-electron chi connectivity index (χ4n) is 2.76. The van der Waals surface area contributed by atoms with Crippen LogP contribution in [0.3, 0.4) is 0 Å². The second-order valence-corrected chi connectivity index (χ2v) is 4.83. The number of carbonyl (C=O) groups excluding carboxylic acids is 2. The SMILES string of the molecule is C=C=CCCCC1(CCC)C(=O)CCCC1=O. The van der Waals surface area contributed by atoms with Crippen molar-refractivity contribution in [2.24, 2.45) is 5.41 Å². The normalized spacial score (nSPS) is 18.9. The summed E-state index contributed by atoms with van der Waals surface area (Å²) in [6, 6.07) is 0. The van der Waals surface area contributed by atoms with Crippen LogP contribution in [0.2, 0.25) is 0 Å². The molecule has 0 aromatic rings. The van der Waals surface area contributed by atoms with E-state index in [1.165, 1.54) is 0 Å². The van der Waals surface area contributed by atoms with E-state index >= 15 is 0 Å². The maximum atomic E-state index is 12.1. The Morgan fingerprint density at radius 3 is 2.47 bits per heavy atom. The zero-order valence-corrected chi connectivity index (χ0v) is 10.8. The van der Waals surface area contributed by atoms with Crippen LogP contribution in [0.25, 0.3) is 0 Å². The highest BCUT2D eigenvalue weighted by atomic mass is 16.2. The molecule has 0 amide bonds. The highest BCUT2D eigenvalue weighted by molar-refractivity contribution is 6.08. The second kappa shape index (κ2) is 6.56. The third-order valence-corrected chi connectivity index (χ3v) is 3.65. The van der Waals surface area contributed by atoms with Gasteiger partial charge in [0.1, 0.15) is 11.6 Å². The van der Waals surface area contributed by atoms with Crippen LogP contribution in [0.5, 0.6) is 0 Å². The minimum absolute atomic E-state index is 0.179. The van der Waals surface area contributed by atoms with Crippen LogP contribution in [-0.2, 0) is 9.59 Å². The molecule has 0 radical (unpaired) electrons. The average molecular weight is 234 g/mol. The molecule has 1 fully saturated rings. The molecule has 0 bridgehead atoms. The highest BCUT2D eigenvalue weighted by Crippen LogP contribution is 2.39. The van der Waals surface area contributed by atoms with Crippen LogP contribution >= 0.6 is 0 Å². The zero-order chi connectivity index (χ0) is 12.7. The van der Waals surface area contributed by atoms with Crippen molar-refractivity contribution in [3.8, 4) is 0 Å². The van der Waals surface area contributed by atoms with E-state index in [9.17, 15) is 9.59 Å². The van der Waals surface area contributed by atoms with Crippen molar-refractivity contribution in [2.75, 3.05) is 0 Å². The van der Waals surface area contributed by atoms with Gasteiger partial charge in [-0.25, -0.2) is 0 Å². The fraction of sp³-hybridized carbons (Fsp3) is 0.667. The molecule has 0 aliphatic heterocycles. The predicted octanol–water partition coefficient (Wildman–Crippen LogP) is 3.61. The van der Waals surface area contributed by atoms with Gasteiger partial charge in [0, 0.05) is 12.8 Å². The molecule has 0 saturated heterocycles. The van der Waals surface area contributed by atoms with Crippen molar-refractivity contribution in [2.45, 2.75) is 58.3 Å². The molecule has 1 aliphatic carbocycles. The molecule has 17 heavy (non-hydrogen) atoms. The Morgan fingerprint density at radius 1 is 1.29 bits per heavy atom. The topological polar surface area (TPSA) is 34.1 Å². The van der Waals surface area contributed by atoms with Gasteiger partial charge in [-0.05, 0) is 38.2 Å². The van der Waals surface area contributed by atoms with Gasteiger partial charge >= 0.3 is 0 Å². The zero-order valence-electron chi connectivity index (χ0n) is 10.8. The van der Waals surface area contributed by atoms with E-state index in [1.807, 2.05) is 13.0 Å². The minimum atomic E-state index is -0.651. The van der Waals surface area contributed by atoms with Crippen molar-refractivity contribution < 1.29 is 9.59 Å². The summed E-state index contributed by atoms with van der Waals surface area (Å²) >= 11 is 0. The molecule has 0 atom stereocenters. The third kappa shape index (κ3) is 3.17. The smallest absolute Gasteiger partial charge is 0.146 e. The standard InChI is InChI=1S/C15H22O2/c1-3-5-6-7-12-15(11-4-2)13(16)9-8-10-14(15)17/h5H,1,4,6-12H2,2H3. The molecule has 94 valence electrons. The van der Waals surface area contributed by atoms with Gasteiger partial charge in [0.05, 0.1) is 5.41 Å². The molecule has 0 heterocycles. The number of ketones is 2.